The zero-order chi connectivity index (χ0) is 13.2. The maximum Gasteiger partial charge on any atom is 0.131 e. The van der Waals surface area contributed by atoms with Crippen molar-refractivity contribution in [1.29, 1.82) is 0 Å². The van der Waals surface area contributed by atoms with Crippen molar-refractivity contribution < 1.29 is 4.39 Å². The van der Waals surface area contributed by atoms with Crippen LogP contribution < -0.4 is 5.32 Å². The van der Waals surface area contributed by atoms with Crippen LogP contribution in [0, 0.1) is 5.82 Å². The lowest BCUT2D eigenvalue weighted by Crippen LogP contribution is -2.15. The van der Waals surface area contributed by atoms with E-state index in [0.29, 0.717) is 11.6 Å². The largest absolute Gasteiger partial charge is 0.310 e. The van der Waals surface area contributed by atoms with E-state index in [2.05, 4.69) is 21.2 Å². The van der Waals surface area contributed by atoms with Crippen molar-refractivity contribution in [3.63, 3.8) is 0 Å². The molecule has 0 bridgehead atoms. The Morgan fingerprint density at radius 2 is 2.00 bits per heavy atom. The predicted octanol–water partition coefficient (Wildman–Crippen LogP) is 4.51. The molecule has 0 aliphatic heterocycles. The van der Waals surface area contributed by atoms with Gasteiger partial charge in [-0.1, -0.05) is 34.1 Å². The minimum atomic E-state index is -0.173. The molecule has 0 radical (unpaired) electrons. The molecule has 3 rings (SSSR count). The lowest BCUT2D eigenvalue weighted by atomic mass is 10.0. The lowest BCUT2D eigenvalue weighted by Gasteiger charge is -2.08. The summed E-state index contributed by atoms with van der Waals surface area (Å²) in [5, 5.41) is 3.45. The van der Waals surface area contributed by atoms with Gasteiger partial charge in [0, 0.05) is 22.6 Å². The second-order valence-electron chi connectivity index (χ2n) is 4.98. The van der Waals surface area contributed by atoms with E-state index in [-0.39, 0.29) is 5.82 Å². The van der Waals surface area contributed by atoms with Crippen molar-refractivity contribution in [1.82, 2.24) is 5.32 Å². The summed E-state index contributed by atoms with van der Waals surface area (Å²) in [5.41, 5.74) is 2.69. The highest BCUT2D eigenvalue weighted by atomic mass is 79.9. The first-order chi connectivity index (χ1) is 9.22. The van der Waals surface area contributed by atoms with Gasteiger partial charge in [0.05, 0.1) is 0 Å². The van der Waals surface area contributed by atoms with Crippen LogP contribution in [0.1, 0.15) is 18.4 Å². The molecule has 0 spiro atoms. The van der Waals surface area contributed by atoms with Crippen LogP contribution in [0.4, 0.5) is 4.39 Å². The summed E-state index contributed by atoms with van der Waals surface area (Å²) >= 11 is 3.43. The quantitative estimate of drug-likeness (QED) is 0.874. The van der Waals surface area contributed by atoms with Gasteiger partial charge in [-0.25, -0.2) is 4.39 Å². The minimum absolute atomic E-state index is 0.173. The Labute approximate surface area is 121 Å². The summed E-state index contributed by atoms with van der Waals surface area (Å²) in [6, 6.07) is 13.8. The molecule has 1 aliphatic rings. The van der Waals surface area contributed by atoms with E-state index in [1.807, 2.05) is 36.4 Å². The molecule has 1 fully saturated rings. The van der Waals surface area contributed by atoms with Crippen molar-refractivity contribution >= 4 is 15.9 Å². The fourth-order valence-corrected chi connectivity index (χ4v) is 2.51. The molecule has 1 nitrogen and oxygen atoms in total. The molecule has 0 atom stereocenters. The molecule has 0 heterocycles. The average Bonchev–Trinajstić information content (AvgIpc) is 3.22. The van der Waals surface area contributed by atoms with Crippen LogP contribution >= 0.6 is 15.9 Å². The maximum atomic E-state index is 14.0. The zero-order valence-electron chi connectivity index (χ0n) is 10.5. The van der Waals surface area contributed by atoms with Crippen LogP contribution in [0.5, 0.6) is 0 Å². The fourth-order valence-electron chi connectivity index (χ4n) is 2.11. The first-order valence-corrected chi connectivity index (χ1v) is 7.29. The Balaban J connectivity index is 1.88. The number of hydrogen-bond donors (Lipinski definition) is 1. The summed E-state index contributed by atoms with van der Waals surface area (Å²) < 4.78 is 14.9. The van der Waals surface area contributed by atoms with E-state index in [1.54, 1.807) is 6.07 Å². The van der Waals surface area contributed by atoms with Crippen LogP contribution in [-0.2, 0) is 6.54 Å². The van der Waals surface area contributed by atoms with Crippen molar-refractivity contribution in [3.05, 3.63) is 58.3 Å². The summed E-state index contributed by atoms with van der Waals surface area (Å²) in [6.45, 7) is 0.811. The van der Waals surface area contributed by atoms with Crippen molar-refractivity contribution in [3.8, 4) is 11.1 Å². The van der Waals surface area contributed by atoms with Crippen molar-refractivity contribution in [2.45, 2.75) is 25.4 Å². The highest BCUT2D eigenvalue weighted by Crippen LogP contribution is 2.27. The molecule has 2 aromatic carbocycles. The number of halogens is 2. The van der Waals surface area contributed by atoms with Gasteiger partial charge in [0.15, 0.2) is 0 Å². The molecule has 98 valence electrons. The Morgan fingerprint density at radius 3 is 2.74 bits per heavy atom. The van der Waals surface area contributed by atoms with Gasteiger partial charge >= 0.3 is 0 Å². The molecule has 2 aromatic rings. The Kier molecular flexibility index (Phi) is 3.67. The van der Waals surface area contributed by atoms with Gasteiger partial charge in [0.1, 0.15) is 5.82 Å². The molecule has 19 heavy (non-hydrogen) atoms. The van der Waals surface area contributed by atoms with E-state index in [9.17, 15) is 4.39 Å². The van der Waals surface area contributed by atoms with Crippen molar-refractivity contribution in [2.75, 3.05) is 0 Å². The number of benzene rings is 2. The van der Waals surface area contributed by atoms with Crippen molar-refractivity contribution in [2.24, 2.45) is 0 Å². The van der Waals surface area contributed by atoms with Gasteiger partial charge in [-0.05, 0) is 48.2 Å². The Bertz CT molecular complexity index is 593. The molecule has 1 saturated carbocycles. The van der Waals surface area contributed by atoms with Gasteiger partial charge < -0.3 is 5.32 Å². The van der Waals surface area contributed by atoms with Gasteiger partial charge in [0.25, 0.3) is 0 Å². The SMILES string of the molecule is Fc1ccc(CNC2CC2)cc1-c1cccc(Br)c1. The standard InChI is InChI=1S/C16H15BrFN/c17-13-3-1-2-12(9-13)15-8-11(4-7-16(15)18)10-19-14-5-6-14/h1-4,7-9,14,19H,5-6,10H2. The van der Waals surface area contributed by atoms with Gasteiger partial charge in [0.2, 0.25) is 0 Å². The fraction of sp³-hybridized carbons (Fsp3) is 0.250. The number of nitrogens with one attached hydrogen (secondary N) is 1. The third-order valence-electron chi connectivity index (χ3n) is 3.34. The van der Waals surface area contributed by atoms with Gasteiger partial charge in [-0.15, -0.1) is 0 Å². The molecular formula is C16H15BrFN. The Hall–Kier alpha value is -1.19. The molecule has 0 aromatic heterocycles. The number of hydrogen-bond acceptors (Lipinski definition) is 1. The summed E-state index contributed by atoms with van der Waals surface area (Å²) in [4.78, 5) is 0. The van der Waals surface area contributed by atoms with Gasteiger partial charge in [-0.2, -0.15) is 0 Å². The van der Waals surface area contributed by atoms with E-state index < -0.39 is 0 Å². The monoisotopic (exact) mass is 319 g/mol. The summed E-state index contributed by atoms with van der Waals surface area (Å²) in [7, 11) is 0. The average molecular weight is 320 g/mol. The van der Waals surface area contributed by atoms with Crippen LogP contribution in [0.25, 0.3) is 11.1 Å². The highest BCUT2D eigenvalue weighted by molar-refractivity contribution is 9.10. The van der Waals surface area contributed by atoms with Crippen LogP contribution in [0.2, 0.25) is 0 Å². The topological polar surface area (TPSA) is 12.0 Å². The lowest BCUT2D eigenvalue weighted by molar-refractivity contribution is 0.628. The second kappa shape index (κ2) is 5.43. The first kappa shape index (κ1) is 12.8. The second-order valence-corrected chi connectivity index (χ2v) is 5.90. The first-order valence-electron chi connectivity index (χ1n) is 6.50. The molecule has 0 amide bonds. The van der Waals surface area contributed by atoms with E-state index in [0.717, 1.165) is 22.1 Å². The summed E-state index contributed by atoms with van der Waals surface area (Å²) in [5.74, 6) is -0.173. The van der Waals surface area contributed by atoms with Crippen LogP contribution in [0.15, 0.2) is 46.9 Å². The third-order valence-corrected chi connectivity index (χ3v) is 3.83. The zero-order valence-corrected chi connectivity index (χ0v) is 12.1. The smallest absolute Gasteiger partial charge is 0.131 e. The normalized spacial score (nSPS) is 14.6. The predicted molar refractivity (Wildman–Crippen MR) is 79.4 cm³/mol. The summed E-state index contributed by atoms with van der Waals surface area (Å²) in [6.07, 6.45) is 2.53. The van der Waals surface area contributed by atoms with Gasteiger partial charge in [-0.3, -0.25) is 0 Å². The Morgan fingerprint density at radius 1 is 1.16 bits per heavy atom. The minimum Gasteiger partial charge on any atom is -0.310 e. The molecule has 0 unspecified atom stereocenters. The third kappa shape index (κ3) is 3.23. The number of rotatable bonds is 4. The van der Waals surface area contributed by atoms with E-state index in [4.69, 9.17) is 0 Å². The molecule has 3 heteroatoms. The van der Waals surface area contributed by atoms with Crippen LogP contribution in [0.3, 0.4) is 0 Å². The molecule has 1 aliphatic carbocycles. The maximum absolute atomic E-state index is 14.0. The molecule has 0 saturated heterocycles. The highest BCUT2D eigenvalue weighted by Gasteiger charge is 2.20. The van der Waals surface area contributed by atoms with E-state index in [1.165, 1.54) is 12.8 Å². The van der Waals surface area contributed by atoms with Crippen LogP contribution in [-0.4, -0.2) is 6.04 Å². The molecule has 1 N–H and O–H groups in total. The van der Waals surface area contributed by atoms with E-state index >= 15 is 0 Å². The molecular weight excluding hydrogens is 305 g/mol.